The van der Waals surface area contributed by atoms with Gasteiger partial charge in [0, 0.05) is 21.2 Å². The fourth-order valence-electron chi connectivity index (χ4n) is 2.78. The van der Waals surface area contributed by atoms with Gasteiger partial charge in [0.15, 0.2) is 0 Å². The first-order valence-corrected chi connectivity index (χ1v) is 8.66. The van der Waals surface area contributed by atoms with E-state index >= 15 is 0 Å². The molecular formula is C21H14Cl2N2. The van der Waals surface area contributed by atoms with Crippen LogP contribution in [-0.2, 0) is 0 Å². The molecule has 0 saturated carbocycles. The fraction of sp³-hybridized carbons (Fsp3) is 0.0476. The first-order chi connectivity index (χ1) is 12.1. The highest BCUT2D eigenvalue weighted by Crippen LogP contribution is 2.32. The minimum Gasteiger partial charge on any atom is -0.244 e. The molecule has 0 N–H and O–H groups in total. The van der Waals surface area contributed by atoms with Crippen molar-refractivity contribution < 1.29 is 0 Å². The van der Waals surface area contributed by atoms with Gasteiger partial charge in [-0.3, -0.25) is 0 Å². The van der Waals surface area contributed by atoms with E-state index in [0.717, 1.165) is 39.1 Å². The van der Waals surface area contributed by atoms with Crippen LogP contribution < -0.4 is 0 Å². The van der Waals surface area contributed by atoms with E-state index in [1.54, 1.807) is 0 Å². The molecule has 4 aromatic rings. The Bertz CT molecular complexity index is 1060. The third-order valence-electron chi connectivity index (χ3n) is 4.06. The Kier molecular flexibility index (Phi) is 4.16. The summed E-state index contributed by atoms with van der Waals surface area (Å²) in [6.07, 6.45) is 0. The van der Waals surface area contributed by atoms with Crippen LogP contribution in [0.2, 0.25) is 10.0 Å². The van der Waals surface area contributed by atoms with Gasteiger partial charge < -0.3 is 0 Å². The van der Waals surface area contributed by atoms with E-state index in [-0.39, 0.29) is 0 Å². The molecule has 0 radical (unpaired) electrons. The van der Waals surface area contributed by atoms with Gasteiger partial charge in [-0.25, -0.2) is 9.97 Å². The Morgan fingerprint density at radius 2 is 1.08 bits per heavy atom. The SMILES string of the molecule is Cc1ccc2nc(-c3ccc(Cl)cc3)c(-c3ccc(Cl)cc3)nc2c1. The van der Waals surface area contributed by atoms with Gasteiger partial charge in [-0.15, -0.1) is 0 Å². The Morgan fingerprint density at radius 1 is 0.600 bits per heavy atom. The van der Waals surface area contributed by atoms with E-state index in [2.05, 4.69) is 6.92 Å². The Hall–Kier alpha value is -2.42. The van der Waals surface area contributed by atoms with E-state index < -0.39 is 0 Å². The summed E-state index contributed by atoms with van der Waals surface area (Å²) in [6, 6.07) is 21.4. The number of benzene rings is 3. The first-order valence-electron chi connectivity index (χ1n) is 7.90. The molecule has 25 heavy (non-hydrogen) atoms. The lowest BCUT2D eigenvalue weighted by atomic mass is 10.0. The van der Waals surface area contributed by atoms with Crippen LogP contribution in [0.15, 0.2) is 66.7 Å². The highest BCUT2D eigenvalue weighted by Gasteiger charge is 2.13. The molecule has 0 spiro atoms. The van der Waals surface area contributed by atoms with E-state index in [1.807, 2.05) is 66.7 Å². The molecule has 1 aromatic heterocycles. The first kappa shape index (κ1) is 16.1. The highest BCUT2D eigenvalue weighted by molar-refractivity contribution is 6.31. The second-order valence-electron chi connectivity index (χ2n) is 5.93. The molecule has 0 aliphatic carbocycles. The molecule has 4 heteroatoms. The van der Waals surface area contributed by atoms with Crippen molar-refractivity contribution in [1.82, 2.24) is 9.97 Å². The van der Waals surface area contributed by atoms with Gasteiger partial charge in [0.25, 0.3) is 0 Å². The number of rotatable bonds is 2. The highest BCUT2D eigenvalue weighted by atomic mass is 35.5. The van der Waals surface area contributed by atoms with Gasteiger partial charge in [-0.05, 0) is 48.9 Å². The molecule has 4 rings (SSSR count). The molecule has 0 aliphatic heterocycles. The summed E-state index contributed by atoms with van der Waals surface area (Å²) >= 11 is 12.1. The number of aromatic nitrogens is 2. The van der Waals surface area contributed by atoms with Gasteiger partial charge in [-0.1, -0.05) is 53.5 Å². The van der Waals surface area contributed by atoms with Gasteiger partial charge in [0.05, 0.1) is 22.4 Å². The quantitative estimate of drug-likeness (QED) is 0.401. The van der Waals surface area contributed by atoms with Crippen LogP contribution in [0, 0.1) is 6.92 Å². The number of fused-ring (bicyclic) bond motifs is 1. The zero-order valence-electron chi connectivity index (χ0n) is 13.5. The zero-order chi connectivity index (χ0) is 17.4. The molecule has 1 heterocycles. The van der Waals surface area contributed by atoms with Crippen molar-refractivity contribution in [2.45, 2.75) is 6.92 Å². The molecule has 0 saturated heterocycles. The Morgan fingerprint density at radius 3 is 1.60 bits per heavy atom. The van der Waals surface area contributed by atoms with Crippen molar-refractivity contribution >= 4 is 34.2 Å². The van der Waals surface area contributed by atoms with Crippen molar-refractivity contribution in [1.29, 1.82) is 0 Å². The maximum absolute atomic E-state index is 6.04. The number of aryl methyl sites for hydroxylation is 1. The van der Waals surface area contributed by atoms with Gasteiger partial charge >= 0.3 is 0 Å². The van der Waals surface area contributed by atoms with Crippen molar-refractivity contribution in [2.24, 2.45) is 0 Å². The molecular weight excluding hydrogens is 351 g/mol. The number of hydrogen-bond acceptors (Lipinski definition) is 2. The summed E-state index contributed by atoms with van der Waals surface area (Å²) in [5.41, 5.74) is 6.51. The molecule has 2 nitrogen and oxygen atoms in total. The lowest BCUT2D eigenvalue weighted by molar-refractivity contribution is 1.28. The molecule has 3 aromatic carbocycles. The molecule has 0 amide bonds. The summed E-state index contributed by atoms with van der Waals surface area (Å²) in [5.74, 6) is 0. The Balaban J connectivity index is 2.01. The number of hydrogen-bond donors (Lipinski definition) is 0. The van der Waals surface area contributed by atoms with E-state index in [9.17, 15) is 0 Å². The second kappa shape index (κ2) is 6.47. The lowest BCUT2D eigenvalue weighted by Crippen LogP contribution is -1.95. The second-order valence-corrected chi connectivity index (χ2v) is 6.80. The minimum absolute atomic E-state index is 0.696. The average molecular weight is 365 g/mol. The molecule has 0 bridgehead atoms. The molecule has 0 atom stereocenters. The lowest BCUT2D eigenvalue weighted by Gasteiger charge is -2.11. The summed E-state index contributed by atoms with van der Waals surface area (Å²) in [4.78, 5) is 9.77. The van der Waals surface area contributed by atoms with Crippen molar-refractivity contribution in [3.63, 3.8) is 0 Å². The monoisotopic (exact) mass is 364 g/mol. The van der Waals surface area contributed by atoms with Crippen LogP contribution in [0.25, 0.3) is 33.5 Å². The van der Waals surface area contributed by atoms with E-state index in [0.29, 0.717) is 10.0 Å². The van der Waals surface area contributed by atoms with Crippen LogP contribution in [0.5, 0.6) is 0 Å². The Labute approximate surface area is 156 Å². The standard InChI is InChI=1S/C21H14Cl2N2/c1-13-2-11-18-19(12-13)25-21(15-5-9-17(23)10-6-15)20(24-18)14-3-7-16(22)8-4-14/h2-12H,1H3. The van der Waals surface area contributed by atoms with Crippen LogP contribution in [0.3, 0.4) is 0 Å². The molecule has 0 unspecified atom stereocenters. The van der Waals surface area contributed by atoms with Gasteiger partial charge in [0.1, 0.15) is 0 Å². The van der Waals surface area contributed by atoms with Crippen LogP contribution in [0.1, 0.15) is 5.56 Å². The maximum atomic E-state index is 6.04. The summed E-state index contributed by atoms with van der Waals surface area (Å²) in [6.45, 7) is 2.05. The minimum atomic E-state index is 0.696. The predicted octanol–water partition coefficient (Wildman–Crippen LogP) is 6.58. The van der Waals surface area contributed by atoms with Crippen LogP contribution in [0.4, 0.5) is 0 Å². The van der Waals surface area contributed by atoms with Crippen molar-refractivity contribution in [3.05, 3.63) is 82.3 Å². The molecule has 0 fully saturated rings. The zero-order valence-corrected chi connectivity index (χ0v) is 15.0. The van der Waals surface area contributed by atoms with E-state index in [4.69, 9.17) is 33.2 Å². The number of halogens is 2. The largest absolute Gasteiger partial charge is 0.244 e. The van der Waals surface area contributed by atoms with Gasteiger partial charge in [0.2, 0.25) is 0 Å². The molecule has 122 valence electrons. The average Bonchev–Trinajstić information content (AvgIpc) is 2.62. The van der Waals surface area contributed by atoms with Crippen LogP contribution >= 0.6 is 23.2 Å². The van der Waals surface area contributed by atoms with Crippen molar-refractivity contribution in [2.75, 3.05) is 0 Å². The van der Waals surface area contributed by atoms with E-state index in [1.165, 1.54) is 0 Å². The van der Waals surface area contributed by atoms with Crippen molar-refractivity contribution in [3.8, 4) is 22.5 Å². The maximum Gasteiger partial charge on any atom is 0.0973 e. The summed E-state index contributed by atoms with van der Waals surface area (Å²) in [7, 11) is 0. The predicted molar refractivity (Wildman–Crippen MR) is 105 cm³/mol. The normalized spacial score (nSPS) is 11.0. The third-order valence-corrected chi connectivity index (χ3v) is 4.56. The van der Waals surface area contributed by atoms with Crippen LogP contribution in [-0.4, -0.2) is 9.97 Å². The smallest absolute Gasteiger partial charge is 0.0973 e. The number of nitrogens with zero attached hydrogens (tertiary/aromatic N) is 2. The van der Waals surface area contributed by atoms with Gasteiger partial charge in [-0.2, -0.15) is 0 Å². The molecule has 0 aliphatic rings. The summed E-state index contributed by atoms with van der Waals surface area (Å²) < 4.78 is 0. The third kappa shape index (κ3) is 3.23. The summed E-state index contributed by atoms with van der Waals surface area (Å²) in [5, 5.41) is 1.39. The topological polar surface area (TPSA) is 25.8 Å². The fourth-order valence-corrected chi connectivity index (χ4v) is 3.03.